The van der Waals surface area contributed by atoms with Gasteiger partial charge in [-0.2, -0.15) is 0 Å². The Morgan fingerprint density at radius 1 is 0.442 bits per heavy atom. The number of ketones is 2. The number of Topliss-reactive ketones (excluding diaryl/α,β-unsaturated/α-hetero) is 2. The molecule has 0 aromatic carbocycles. The molecule has 0 radical (unpaired) electrons. The van der Waals surface area contributed by atoms with Gasteiger partial charge in [0, 0.05) is 12.8 Å². The van der Waals surface area contributed by atoms with E-state index < -0.39 is 28.7 Å². The molecular weight excluding hydrogens is 538 g/mol. The maximum atomic E-state index is 13.1. The predicted molar refractivity (Wildman–Crippen MR) is 180 cm³/mol. The molecule has 0 saturated heterocycles. The predicted octanol–water partition coefficient (Wildman–Crippen LogP) is 9.44. The monoisotopic (exact) mass is 610 g/mol. The number of carbonyl (C=O) groups excluding carboxylic acids is 3. The van der Waals surface area contributed by atoms with Crippen LogP contribution in [0.15, 0.2) is 0 Å². The number of unbranched alkanes of at least 4 members (excludes halogenated alkanes) is 24. The van der Waals surface area contributed by atoms with Crippen LogP contribution in [0, 0.1) is 0 Å². The zero-order valence-electron chi connectivity index (χ0n) is 28.7. The Morgan fingerprint density at radius 3 is 0.953 bits per heavy atom. The first-order valence-electron chi connectivity index (χ1n) is 18.5. The zero-order valence-corrected chi connectivity index (χ0v) is 28.7. The summed E-state index contributed by atoms with van der Waals surface area (Å²) in [5, 5.41) is 22.4. The maximum absolute atomic E-state index is 13.1. The lowest BCUT2D eigenvalue weighted by molar-refractivity contribution is -0.188. The van der Waals surface area contributed by atoms with E-state index in [2.05, 4.69) is 13.8 Å². The second-order valence-corrected chi connectivity index (χ2v) is 13.1. The van der Waals surface area contributed by atoms with Crippen molar-refractivity contribution in [3.8, 4) is 0 Å². The lowest BCUT2D eigenvalue weighted by Gasteiger charge is -2.38. The highest BCUT2D eigenvalue weighted by molar-refractivity contribution is 6.15. The standard InChI is InChI=1S/C37H71NO5/c1-4-7-9-11-13-15-17-19-21-23-25-27-29-31-33(39)36(42,6-3)37(43,35(38)41)34(40)32-30-28-26-24-22-20-18-16-14-12-10-8-5-2/h42-43H,4-32H2,1-3H3,(H2,38,41). The Balaban J connectivity index is 4.32. The number of carbonyl (C=O) groups is 3. The Morgan fingerprint density at radius 2 is 0.698 bits per heavy atom. The summed E-state index contributed by atoms with van der Waals surface area (Å²) in [6.45, 7) is 5.99. The van der Waals surface area contributed by atoms with Crippen molar-refractivity contribution in [1.82, 2.24) is 0 Å². The molecule has 0 fully saturated rings. The molecular formula is C37H71NO5. The summed E-state index contributed by atoms with van der Waals surface area (Å²) >= 11 is 0. The normalized spacial score (nSPS) is 14.3. The van der Waals surface area contributed by atoms with Gasteiger partial charge in [-0.15, -0.1) is 0 Å². The summed E-state index contributed by atoms with van der Waals surface area (Å²) in [4.78, 5) is 38.5. The van der Waals surface area contributed by atoms with Crippen LogP contribution in [-0.2, 0) is 14.4 Å². The lowest BCUT2D eigenvalue weighted by atomic mass is 9.72. The number of primary amides is 1. The number of aliphatic hydroxyl groups is 2. The van der Waals surface area contributed by atoms with Gasteiger partial charge in [-0.1, -0.05) is 175 Å². The molecule has 1 amide bonds. The van der Waals surface area contributed by atoms with Crippen molar-refractivity contribution in [2.45, 2.75) is 218 Å². The Labute approximate surface area is 265 Å². The van der Waals surface area contributed by atoms with Crippen LogP contribution in [0.3, 0.4) is 0 Å². The minimum Gasteiger partial charge on any atom is -0.378 e. The van der Waals surface area contributed by atoms with Crippen molar-refractivity contribution in [1.29, 1.82) is 0 Å². The highest BCUT2D eigenvalue weighted by atomic mass is 16.4. The molecule has 0 rings (SSSR count). The summed E-state index contributed by atoms with van der Waals surface area (Å²) in [7, 11) is 0. The topological polar surface area (TPSA) is 118 Å². The molecule has 0 aromatic heterocycles. The van der Waals surface area contributed by atoms with Crippen LogP contribution in [0.5, 0.6) is 0 Å². The molecule has 0 saturated carbocycles. The van der Waals surface area contributed by atoms with E-state index in [0.717, 1.165) is 38.5 Å². The second kappa shape index (κ2) is 27.1. The van der Waals surface area contributed by atoms with E-state index in [1.165, 1.54) is 122 Å². The molecule has 0 heterocycles. The van der Waals surface area contributed by atoms with Crippen molar-refractivity contribution in [3.05, 3.63) is 0 Å². The summed E-state index contributed by atoms with van der Waals surface area (Å²) < 4.78 is 0. The molecule has 2 atom stereocenters. The zero-order chi connectivity index (χ0) is 32.2. The number of rotatable bonds is 33. The minimum absolute atomic E-state index is 0.0176. The van der Waals surface area contributed by atoms with E-state index in [9.17, 15) is 24.6 Å². The van der Waals surface area contributed by atoms with Crippen LogP contribution in [0.4, 0.5) is 0 Å². The van der Waals surface area contributed by atoms with E-state index in [-0.39, 0.29) is 19.3 Å². The molecule has 43 heavy (non-hydrogen) atoms. The van der Waals surface area contributed by atoms with E-state index in [1.807, 2.05) is 0 Å². The van der Waals surface area contributed by atoms with E-state index >= 15 is 0 Å². The molecule has 0 aliphatic rings. The summed E-state index contributed by atoms with van der Waals surface area (Å²) in [5.74, 6) is -2.85. The largest absolute Gasteiger partial charge is 0.378 e. The average molecular weight is 610 g/mol. The van der Waals surface area contributed by atoms with Gasteiger partial charge < -0.3 is 15.9 Å². The number of hydrogen-bond acceptors (Lipinski definition) is 5. The molecule has 0 spiro atoms. The molecule has 254 valence electrons. The summed E-state index contributed by atoms with van der Waals surface area (Å²) in [5.41, 5.74) is 0.103. The molecule has 0 bridgehead atoms. The van der Waals surface area contributed by atoms with Gasteiger partial charge in [0.1, 0.15) is 0 Å². The lowest BCUT2D eigenvalue weighted by Crippen LogP contribution is -2.69. The fourth-order valence-electron chi connectivity index (χ4n) is 6.22. The van der Waals surface area contributed by atoms with Crippen molar-refractivity contribution in [3.63, 3.8) is 0 Å². The molecule has 2 unspecified atom stereocenters. The molecule has 6 heteroatoms. The first kappa shape index (κ1) is 41.7. The number of amides is 1. The summed E-state index contributed by atoms with van der Waals surface area (Å²) in [6, 6.07) is 0. The van der Waals surface area contributed by atoms with Crippen LogP contribution < -0.4 is 5.73 Å². The highest BCUT2D eigenvalue weighted by Gasteiger charge is 2.61. The van der Waals surface area contributed by atoms with Gasteiger partial charge in [-0.05, 0) is 19.3 Å². The van der Waals surface area contributed by atoms with E-state index in [1.54, 1.807) is 0 Å². The first-order valence-corrected chi connectivity index (χ1v) is 18.5. The van der Waals surface area contributed by atoms with Gasteiger partial charge in [0.05, 0.1) is 0 Å². The second-order valence-electron chi connectivity index (χ2n) is 13.1. The van der Waals surface area contributed by atoms with Crippen molar-refractivity contribution < 1.29 is 24.6 Å². The average Bonchev–Trinajstić information content (AvgIpc) is 3.00. The Bertz CT molecular complexity index is 711. The van der Waals surface area contributed by atoms with Crippen LogP contribution in [-0.4, -0.2) is 38.9 Å². The summed E-state index contributed by atoms with van der Waals surface area (Å²) in [6.07, 6.45) is 29.9. The smallest absolute Gasteiger partial charge is 0.260 e. The van der Waals surface area contributed by atoms with Crippen LogP contribution in [0.25, 0.3) is 0 Å². The van der Waals surface area contributed by atoms with Gasteiger partial charge in [-0.3, -0.25) is 14.4 Å². The van der Waals surface area contributed by atoms with Crippen LogP contribution in [0.1, 0.15) is 207 Å². The molecule has 0 aliphatic heterocycles. The fourth-order valence-corrected chi connectivity index (χ4v) is 6.22. The Hall–Kier alpha value is -1.27. The van der Waals surface area contributed by atoms with Crippen LogP contribution >= 0.6 is 0 Å². The fraction of sp³-hybridized carbons (Fsp3) is 0.919. The maximum Gasteiger partial charge on any atom is 0.260 e. The molecule has 0 aliphatic carbocycles. The highest BCUT2D eigenvalue weighted by Crippen LogP contribution is 2.32. The van der Waals surface area contributed by atoms with E-state index in [0.29, 0.717) is 12.8 Å². The molecule has 4 N–H and O–H groups in total. The molecule has 6 nitrogen and oxygen atoms in total. The van der Waals surface area contributed by atoms with Gasteiger partial charge in [0.25, 0.3) is 5.91 Å². The number of nitrogens with two attached hydrogens (primary N) is 1. The third kappa shape index (κ3) is 17.7. The third-order valence-corrected chi connectivity index (χ3v) is 9.35. The third-order valence-electron chi connectivity index (χ3n) is 9.35. The minimum atomic E-state index is -2.88. The van der Waals surface area contributed by atoms with Crippen molar-refractivity contribution >= 4 is 17.5 Å². The van der Waals surface area contributed by atoms with Crippen molar-refractivity contribution in [2.24, 2.45) is 5.73 Å². The quantitative estimate of drug-likeness (QED) is 0.0506. The van der Waals surface area contributed by atoms with Gasteiger partial charge >= 0.3 is 0 Å². The SMILES string of the molecule is CCCCCCCCCCCCCCCC(=O)C(O)(CC)C(O)(C(N)=O)C(=O)CCCCCCCCCCCCCCC. The molecule has 0 aromatic rings. The number of hydrogen-bond donors (Lipinski definition) is 3. The van der Waals surface area contributed by atoms with E-state index in [4.69, 9.17) is 5.73 Å². The van der Waals surface area contributed by atoms with Crippen LogP contribution in [0.2, 0.25) is 0 Å². The van der Waals surface area contributed by atoms with Gasteiger partial charge in [0.15, 0.2) is 17.2 Å². The van der Waals surface area contributed by atoms with Gasteiger partial charge in [-0.25, -0.2) is 0 Å². The Kier molecular flexibility index (Phi) is 26.3. The first-order chi connectivity index (χ1) is 20.7. The van der Waals surface area contributed by atoms with Crippen molar-refractivity contribution in [2.75, 3.05) is 0 Å². The van der Waals surface area contributed by atoms with Gasteiger partial charge in [0.2, 0.25) is 5.60 Å².